The maximum atomic E-state index is 11.3. The number of nitrogens with one attached hydrogen (secondary N) is 1. The van der Waals surface area contributed by atoms with Crippen LogP contribution in [-0.2, 0) is 11.2 Å². The smallest absolute Gasteiger partial charge is 0.407 e. The molecule has 1 unspecified atom stereocenters. The molecule has 1 amide bonds. The van der Waals surface area contributed by atoms with E-state index in [9.17, 15) is 4.79 Å². The van der Waals surface area contributed by atoms with E-state index < -0.39 is 0 Å². The van der Waals surface area contributed by atoms with Gasteiger partial charge in [-0.2, -0.15) is 0 Å². The molecule has 5 nitrogen and oxygen atoms in total. The third kappa shape index (κ3) is 2.20. The molecule has 1 aromatic rings. The summed E-state index contributed by atoms with van der Waals surface area (Å²) in [6.45, 7) is 2.15. The number of carbonyl (C=O) groups excluding carboxylic acids is 1. The van der Waals surface area contributed by atoms with Gasteiger partial charge in [0.2, 0.25) is 0 Å². The number of methoxy groups -OCH3 is 2. The first kappa shape index (κ1) is 12.5. The van der Waals surface area contributed by atoms with Crippen molar-refractivity contribution in [2.24, 2.45) is 0 Å². The summed E-state index contributed by atoms with van der Waals surface area (Å²) in [4.78, 5) is 11.3. The van der Waals surface area contributed by atoms with Gasteiger partial charge in [0.15, 0.2) is 11.5 Å². The van der Waals surface area contributed by atoms with E-state index in [4.69, 9.17) is 14.2 Å². The van der Waals surface area contributed by atoms with Gasteiger partial charge in [0.1, 0.15) is 0 Å². The second-order valence-corrected chi connectivity index (χ2v) is 4.03. The fourth-order valence-electron chi connectivity index (χ4n) is 2.08. The van der Waals surface area contributed by atoms with E-state index in [1.807, 2.05) is 12.1 Å². The summed E-state index contributed by atoms with van der Waals surface area (Å²) < 4.78 is 15.3. The molecule has 1 N–H and O–H groups in total. The Morgan fingerprint density at radius 3 is 2.61 bits per heavy atom. The van der Waals surface area contributed by atoms with Gasteiger partial charge in [-0.05, 0) is 36.6 Å². The second kappa shape index (κ2) is 5.16. The van der Waals surface area contributed by atoms with Gasteiger partial charge in [0.25, 0.3) is 0 Å². The second-order valence-electron chi connectivity index (χ2n) is 4.03. The molecule has 1 aromatic carbocycles. The highest BCUT2D eigenvalue weighted by molar-refractivity contribution is 5.69. The predicted octanol–water partition coefficient (Wildman–Crippen LogP) is 2.05. The van der Waals surface area contributed by atoms with Gasteiger partial charge in [-0.15, -0.1) is 0 Å². The number of alkyl carbamates (subject to hydrolysis) is 1. The molecule has 0 aromatic heterocycles. The third-order valence-corrected chi connectivity index (χ3v) is 3.01. The first-order chi connectivity index (χ1) is 8.69. The molecule has 5 heteroatoms. The zero-order chi connectivity index (χ0) is 13.1. The van der Waals surface area contributed by atoms with Gasteiger partial charge in [0, 0.05) is 0 Å². The van der Waals surface area contributed by atoms with Crippen LogP contribution in [0.15, 0.2) is 12.1 Å². The fourth-order valence-corrected chi connectivity index (χ4v) is 2.08. The molecule has 98 valence electrons. The van der Waals surface area contributed by atoms with Crippen molar-refractivity contribution >= 4 is 6.09 Å². The lowest BCUT2D eigenvalue weighted by Crippen LogP contribution is -2.36. The minimum atomic E-state index is -0.386. The molecule has 1 atom stereocenters. The molecule has 1 aliphatic rings. The number of fused-ring (bicyclic) bond motifs is 1. The van der Waals surface area contributed by atoms with Crippen LogP contribution in [0.3, 0.4) is 0 Å². The first-order valence-corrected chi connectivity index (χ1v) is 5.87. The maximum absolute atomic E-state index is 11.3. The molecule has 0 saturated heterocycles. The quantitative estimate of drug-likeness (QED) is 0.889. The van der Waals surface area contributed by atoms with Crippen molar-refractivity contribution < 1.29 is 19.0 Å². The van der Waals surface area contributed by atoms with E-state index in [0.717, 1.165) is 17.5 Å². The van der Waals surface area contributed by atoms with Crippen LogP contribution in [0.25, 0.3) is 0 Å². The van der Waals surface area contributed by atoms with Crippen molar-refractivity contribution in [2.75, 3.05) is 20.8 Å². The summed E-state index contributed by atoms with van der Waals surface area (Å²) in [7, 11) is 3.20. The Hall–Kier alpha value is -1.91. The Labute approximate surface area is 106 Å². The SMILES string of the molecule is CCOC(=O)NC1Cc2cc(OC)c(OC)cc21. The molecule has 0 aliphatic heterocycles. The van der Waals surface area contributed by atoms with Crippen molar-refractivity contribution in [3.05, 3.63) is 23.3 Å². The molecule has 0 saturated carbocycles. The first-order valence-electron chi connectivity index (χ1n) is 5.87. The largest absolute Gasteiger partial charge is 0.493 e. The average molecular weight is 251 g/mol. The lowest BCUT2D eigenvalue weighted by molar-refractivity contribution is 0.146. The number of benzene rings is 1. The Morgan fingerprint density at radius 2 is 2.00 bits per heavy atom. The van der Waals surface area contributed by atoms with E-state index in [0.29, 0.717) is 18.1 Å². The molecular weight excluding hydrogens is 234 g/mol. The van der Waals surface area contributed by atoms with Gasteiger partial charge < -0.3 is 19.5 Å². The Bertz CT molecular complexity index is 459. The highest BCUT2D eigenvalue weighted by Gasteiger charge is 2.30. The van der Waals surface area contributed by atoms with Gasteiger partial charge in [0.05, 0.1) is 26.9 Å². The van der Waals surface area contributed by atoms with Crippen molar-refractivity contribution in [3.8, 4) is 11.5 Å². The van der Waals surface area contributed by atoms with Crippen molar-refractivity contribution in [3.63, 3.8) is 0 Å². The summed E-state index contributed by atoms with van der Waals surface area (Å²) >= 11 is 0. The fraction of sp³-hybridized carbons (Fsp3) is 0.462. The Balaban J connectivity index is 2.12. The number of ether oxygens (including phenoxy) is 3. The van der Waals surface area contributed by atoms with Crippen molar-refractivity contribution in [1.82, 2.24) is 5.32 Å². The standard InChI is InChI=1S/C13H17NO4/c1-4-18-13(15)14-10-5-8-6-11(16-2)12(17-3)7-9(8)10/h6-7,10H,4-5H2,1-3H3,(H,14,15). The summed E-state index contributed by atoms with van der Waals surface area (Å²) in [5.74, 6) is 1.39. The average Bonchev–Trinajstić information content (AvgIpc) is 2.35. The normalized spacial score (nSPS) is 16.3. The van der Waals surface area contributed by atoms with Crippen LogP contribution in [-0.4, -0.2) is 26.9 Å². The van der Waals surface area contributed by atoms with Crippen LogP contribution >= 0.6 is 0 Å². The van der Waals surface area contributed by atoms with Crippen LogP contribution < -0.4 is 14.8 Å². The van der Waals surface area contributed by atoms with E-state index >= 15 is 0 Å². The molecule has 0 heterocycles. The molecular formula is C13H17NO4. The molecule has 0 bridgehead atoms. The van der Waals surface area contributed by atoms with Crippen LogP contribution in [0.1, 0.15) is 24.1 Å². The summed E-state index contributed by atoms with van der Waals surface area (Å²) in [5, 5.41) is 2.80. The maximum Gasteiger partial charge on any atom is 0.407 e. The highest BCUT2D eigenvalue weighted by Crippen LogP contribution is 2.41. The molecule has 0 radical (unpaired) electrons. The van der Waals surface area contributed by atoms with Crippen LogP contribution in [0.2, 0.25) is 0 Å². The van der Waals surface area contributed by atoms with E-state index in [1.54, 1.807) is 21.1 Å². The van der Waals surface area contributed by atoms with Gasteiger partial charge >= 0.3 is 6.09 Å². The van der Waals surface area contributed by atoms with Crippen molar-refractivity contribution in [1.29, 1.82) is 0 Å². The summed E-state index contributed by atoms with van der Waals surface area (Å²) in [5.41, 5.74) is 2.22. The van der Waals surface area contributed by atoms with Gasteiger partial charge in [-0.1, -0.05) is 0 Å². The zero-order valence-electron chi connectivity index (χ0n) is 10.8. The lowest BCUT2D eigenvalue weighted by Gasteiger charge is -2.31. The highest BCUT2D eigenvalue weighted by atomic mass is 16.5. The minimum absolute atomic E-state index is 0.00106. The van der Waals surface area contributed by atoms with E-state index in [-0.39, 0.29) is 12.1 Å². The van der Waals surface area contributed by atoms with Gasteiger partial charge in [-0.25, -0.2) is 4.79 Å². The molecule has 0 fully saturated rings. The molecule has 0 spiro atoms. The summed E-state index contributed by atoms with van der Waals surface area (Å²) in [6.07, 6.45) is 0.400. The Morgan fingerprint density at radius 1 is 1.33 bits per heavy atom. The lowest BCUT2D eigenvalue weighted by atomic mass is 9.83. The topological polar surface area (TPSA) is 56.8 Å². The van der Waals surface area contributed by atoms with Crippen molar-refractivity contribution in [2.45, 2.75) is 19.4 Å². The number of hydrogen-bond acceptors (Lipinski definition) is 4. The number of hydrogen-bond donors (Lipinski definition) is 1. The van der Waals surface area contributed by atoms with Gasteiger partial charge in [-0.3, -0.25) is 0 Å². The molecule has 2 rings (SSSR count). The van der Waals surface area contributed by atoms with Crippen LogP contribution in [0.5, 0.6) is 11.5 Å². The third-order valence-electron chi connectivity index (χ3n) is 3.01. The molecule has 1 aliphatic carbocycles. The van der Waals surface area contributed by atoms with Crippen LogP contribution in [0.4, 0.5) is 4.79 Å². The Kier molecular flexibility index (Phi) is 3.60. The number of amides is 1. The summed E-state index contributed by atoms with van der Waals surface area (Å²) in [6, 6.07) is 3.84. The van der Waals surface area contributed by atoms with E-state index in [1.165, 1.54) is 0 Å². The van der Waals surface area contributed by atoms with Crippen LogP contribution in [0, 0.1) is 0 Å². The van der Waals surface area contributed by atoms with E-state index in [2.05, 4.69) is 5.32 Å². The predicted molar refractivity (Wildman–Crippen MR) is 66.1 cm³/mol. The minimum Gasteiger partial charge on any atom is -0.493 e. The number of rotatable bonds is 4. The number of carbonyl (C=O) groups is 1. The zero-order valence-corrected chi connectivity index (χ0v) is 10.8. The molecule has 18 heavy (non-hydrogen) atoms. The monoisotopic (exact) mass is 251 g/mol.